The van der Waals surface area contributed by atoms with Gasteiger partial charge >= 0.3 is 126 Å². The van der Waals surface area contributed by atoms with Crippen molar-refractivity contribution in [3.8, 4) is 17.2 Å². The van der Waals surface area contributed by atoms with Crippen LogP contribution in [0.5, 0.6) is 17.2 Å². The summed E-state index contributed by atoms with van der Waals surface area (Å²) in [5.41, 5.74) is 1.03. The van der Waals surface area contributed by atoms with Crippen LogP contribution in [0.4, 0.5) is 13.2 Å². The molecule has 6 N–H and O–H groups in total. The van der Waals surface area contributed by atoms with Gasteiger partial charge in [-0.15, -0.1) is 10.9 Å². The zero-order valence-corrected chi connectivity index (χ0v) is 59.7. The largest absolute Gasteiger partial charge is 1.00 e. The van der Waals surface area contributed by atoms with E-state index in [4.69, 9.17) is 54.9 Å². The first kappa shape index (κ1) is 91.0. The number of alkyl halides is 3. The van der Waals surface area contributed by atoms with E-state index in [9.17, 15) is 79.7 Å². The van der Waals surface area contributed by atoms with E-state index in [1.165, 1.54) is 20.0 Å². The summed E-state index contributed by atoms with van der Waals surface area (Å²) in [6.45, 7) is 6.87. The summed E-state index contributed by atoms with van der Waals surface area (Å²) in [6, 6.07) is 20.0. The number of ether oxygens (including phenoxy) is 6. The minimum Gasteiger partial charge on any atom is -0.850 e. The smallest absolute Gasteiger partial charge is 0.850 e. The van der Waals surface area contributed by atoms with Crippen LogP contribution in [0.25, 0.3) is 0 Å². The van der Waals surface area contributed by atoms with Crippen molar-refractivity contribution in [2.45, 2.75) is 165 Å². The minimum absolute atomic E-state index is 0. The molecule has 0 spiro atoms. The monoisotopic (exact) mass is 1410 g/mol. The van der Waals surface area contributed by atoms with Gasteiger partial charge in [0.05, 0.1) is 34.4 Å². The van der Waals surface area contributed by atoms with Crippen molar-refractivity contribution < 1.29 is 209 Å². The molecule has 5 fully saturated rings. The number of amides is 4. The van der Waals surface area contributed by atoms with Gasteiger partial charge in [0, 0.05) is 64.6 Å². The molecule has 36 heteroatoms. The standard InChI is InChI=1S/C14H14F3NO6S.C14H16O4.C13H15NO4.C5H9NO4.C5H6O4.C4H8O.C4H9O.K.HNO2.Na/c1-23-10-4-2-9(3-5-10)8-18-12(19)7-6-11(13(18)20)24-25(21,22)14(15,16)17;1-17-11-5-2-10(3-6-11)4-7-12(15)13-8-9-14(16)18-13;1-18-10-4-2-9(3-5-10)8-14-12(16)7-6-11(15)13(14)17;6-3(5(9)10)1-2-4(7)8;6-4-2-1-3(9-4)5(7)8;1-2-4-5-3-1;1-4(2,3)5;;2-1-3;/h2-5,11H,6-8H2,1H3;2-3,5-6,13H,4,7-9H2,1H3;2-5,11,15H,6-8H2,1H3;3H,1-2,6H2,(H,7,8)(H,9,10);3H,1-2H2,(H,7,8);1-4H2;1-3H3;;(H,2,3);/q;;;;;;-1;+1;;+1/p-1. The molecule has 5 unspecified atom stereocenters. The number of aliphatic hydroxyl groups excluding tert-OH is 1. The van der Waals surface area contributed by atoms with E-state index in [1.807, 2.05) is 24.3 Å². The molecule has 3 aromatic rings. The molecular weight excluding hydrogens is 1330 g/mol. The number of carboxylic acid groups (broad SMARTS) is 3. The number of aryl methyl sites for hydroxylation is 1. The van der Waals surface area contributed by atoms with Crippen LogP contribution in [-0.4, -0.2) is 174 Å². The molecule has 0 aromatic heterocycles. The Bertz CT molecular complexity index is 3020. The number of aliphatic carboxylic acids is 3. The van der Waals surface area contributed by atoms with Crippen molar-refractivity contribution in [3.63, 3.8) is 0 Å². The average molecular weight is 1410 g/mol. The number of esters is 2. The number of benzene rings is 3. The Labute approximate surface area is 610 Å². The molecule has 5 atom stereocenters. The Morgan fingerprint density at radius 2 is 1.06 bits per heavy atom. The third-order valence-corrected chi connectivity index (χ3v) is 13.6. The summed E-state index contributed by atoms with van der Waals surface area (Å²) in [7, 11) is -1.28. The summed E-state index contributed by atoms with van der Waals surface area (Å²) < 4.78 is 92.6. The normalized spacial score (nSPS) is 18.1. The van der Waals surface area contributed by atoms with Gasteiger partial charge in [-0.25, -0.2) is 8.98 Å². The van der Waals surface area contributed by atoms with Gasteiger partial charge in [-0.1, -0.05) is 57.2 Å². The first-order valence-electron chi connectivity index (χ1n) is 28.3. The van der Waals surface area contributed by atoms with Crippen LogP contribution >= 0.6 is 0 Å². The number of aliphatic hydroxyl groups is 1. The van der Waals surface area contributed by atoms with Crippen LogP contribution in [-0.2, 0) is 96.0 Å². The number of carboxylic acids is 3. The number of hydrogen-bond donors (Lipinski definition) is 5. The Hall–Kier alpha value is -6.06. The summed E-state index contributed by atoms with van der Waals surface area (Å²) in [5.74, 6) is -4.36. The maximum atomic E-state index is 12.4. The fourth-order valence-corrected chi connectivity index (χ4v) is 8.27. The van der Waals surface area contributed by atoms with E-state index in [0.717, 1.165) is 46.1 Å². The number of rotatable bonds is 18. The van der Waals surface area contributed by atoms with Crippen LogP contribution in [0, 0.1) is 10.1 Å². The molecule has 30 nitrogen and oxygen atoms in total. The van der Waals surface area contributed by atoms with Gasteiger partial charge in [0.25, 0.3) is 11.8 Å². The maximum Gasteiger partial charge on any atom is 1.00 e. The molecule has 5 saturated heterocycles. The summed E-state index contributed by atoms with van der Waals surface area (Å²) in [6.07, 6.45) is 0.173. The number of piperidine rings is 2. The molecule has 0 bridgehead atoms. The zero-order chi connectivity index (χ0) is 70.6. The first-order valence-corrected chi connectivity index (χ1v) is 29.7. The predicted octanol–water partition coefficient (Wildman–Crippen LogP) is -1.57. The number of Topliss-reactive ketones (excluding diaryl/α,β-unsaturated/α-hetero) is 1. The number of likely N-dealkylation sites (tertiary alicyclic amines) is 2. The van der Waals surface area contributed by atoms with Gasteiger partial charge in [0.2, 0.25) is 11.8 Å². The Kier molecular flexibility index (Phi) is 45.0. The third kappa shape index (κ3) is 37.9. The molecule has 518 valence electrons. The second-order valence-electron chi connectivity index (χ2n) is 21.0. The number of cyclic esters (lactones) is 2. The second kappa shape index (κ2) is 47.0. The van der Waals surface area contributed by atoms with Crippen molar-refractivity contribution in [3.05, 3.63) is 99.6 Å². The number of imide groups is 2. The Morgan fingerprint density at radius 3 is 1.39 bits per heavy atom. The molecule has 5 aliphatic heterocycles. The van der Waals surface area contributed by atoms with Gasteiger partial charge in [-0.2, -0.15) is 21.6 Å². The number of ketones is 1. The van der Waals surface area contributed by atoms with E-state index in [2.05, 4.69) is 8.92 Å². The number of nitrogens with zero attached hydrogens (tertiary/aromatic N) is 3. The second-order valence-corrected chi connectivity index (χ2v) is 22.5. The number of hydrogen-bond acceptors (Lipinski definition) is 25. The zero-order valence-electron chi connectivity index (χ0n) is 53.8. The SMILES string of the molecule is C1CCOC1.CC(C)(C)[O-].COc1ccc(CCC(=O)C2CCC(=O)O2)cc1.COc1ccc(CN2C(=O)CCC(O)C2=O)cc1.COc1ccc(CN2C(=O)CCC(OS(=O)(=O)C(F)(F)F)C2=O)cc1.NC(CCC(=O)O)C(=O)O.O=C1CCC(C(=O)O)O1.O=N[O-].[K+].[Na+]. The quantitative estimate of drug-likeness (QED) is 0.0183. The van der Waals surface area contributed by atoms with Crippen LogP contribution in [0.15, 0.2) is 78.1 Å². The van der Waals surface area contributed by atoms with E-state index >= 15 is 0 Å². The van der Waals surface area contributed by atoms with Gasteiger partial charge in [-0.05, 0) is 91.6 Å². The van der Waals surface area contributed by atoms with Gasteiger partial charge in [0.1, 0.15) is 29.4 Å². The van der Waals surface area contributed by atoms with E-state index in [-0.39, 0.29) is 150 Å². The molecule has 95 heavy (non-hydrogen) atoms. The van der Waals surface area contributed by atoms with Crippen molar-refractivity contribution in [2.75, 3.05) is 34.5 Å². The number of carbonyl (C=O) groups excluding carboxylic acids is 7. The summed E-state index contributed by atoms with van der Waals surface area (Å²) in [5, 5.41) is 53.1. The van der Waals surface area contributed by atoms with Gasteiger partial charge < -0.3 is 69.8 Å². The van der Waals surface area contributed by atoms with Crippen LogP contribution in [0.1, 0.15) is 121 Å². The Morgan fingerprint density at radius 1 is 0.674 bits per heavy atom. The van der Waals surface area contributed by atoms with Crippen LogP contribution in [0.3, 0.4) is 0 Å². The predicted molar refractivity (Wildman–Crippen MR) is 315 cm³/mol. The molecule has 0 radical (unpaired) electrons. The number of carbonyl (C=O) groups is 10. The van der Waals surface area contributed by atoms with Crippen molar-refractivity contribution in [2.24, 2.45) is 11.1 Å². The van der Waals surface area contributed by atoms with Gasteiger partial charge in [-0.3, -0.25) is 53.0 Å². The van der Waals surface area contributed by atoms with Crippen molar-refractivity contribution >= 4 is 69.4 Å². The molecule has 3 aromatic carbocycles. The molecule has 5 aliphatic rings. The molecule has 8 rings (SSSR count). The molecule has 5 heterocycles. The first-order chi connectivity index (χ1) is 43.5. The average Bonchev–Trinajstić information content (AvgIpc) is 1.63. The third-order valence-electron chi connectivity index (χ3n) is 12.5. The fourth-order valence-electron chi connectivity index (χ4n) is 7.67. The maximum absolute atomic E-state index is 12.4. The van der Waals surface area contributed by atoms with Crippen molar-refractivity contribution in [1.29, 1.82) is 0 Å². The van der Waals surface area contributed by atoms with Crippen LogP contribution in [0.2, 0.25) is 0 Å². The number of methoxy groups -OCH3 is 3. The van der Waals surface area contributed by atoms with Crippen molar-refractivity contribution in [1.82, 2.24) is 9.80 Å². The van der Waals surface area contributed by atoms with E-state index in [1.54, 1.807) is 83.5 Å². The summed E-state index contributed by atoms with van der Waals surface area (Å²) >= 11 is 0. The minimum atomic E-state index is -5.93. The van der Waals surface area contributed by atoms with E-state index in [0.29, 0.717) is 48.3 Å². The molecular formula is C59H77F3KN4NaO26S. The topological polar surface area (TPSA) is 458 Å². The van der Waals surface area contributed by atoms with Gasteiger partial charge in [0.15, 0.2) is 24.1 Å². The number of halogens is 3. The molecule has 0 aliphatic carbocycles. The molecule has 0 saturated carbocycles. The number of nitrogens with two attached hydrogens (primary N) is 1. The molecule has 4 amide bonds. The summed E-state index contributed by atoms with van der Waals surface area (Å²) in [4.78, 5) is 120. The van der Waals surface area contributed by atoms with E-state index < -0.39 is 99.7 Å². The Balaban J connectivity index is 0. The fraction of sp³-hybridized carbons (Fsp3) is 0.525. The van der Waals surface area contributed by atoms with Crippen LogP contribution < -0.4 is 106 Å².